The maximum atomic E-state index is 11.8. The number of piperidine rings is 2. The number of aldehydes is 1. The van der Waals surface area contributed by atoms with E-state index in [9.17, 15) is 19.2 Å². The first-order chi connectivity index (χ1) is 27.6. The second kappa shape index (κ2) is 22.4. The highest BCUT2D eigenvalue weighted by Crippen LogP contribution is 2.38. The van der Waals surface area contributed by atoms with Crippen LogP contribution in [0, 0.1) is 6.92 Å². The largest absolute Gasteiger partial charge is 0.496 e. The van der Waals surface area contributed by atoms with E-state index in [-0.39, 0.29) is 24.5 Å². The summed E-state index contributed by atoms with van der Waals surface area (Å²) < 4.78 is 23.2. The molecule has 3 aromatic rings. The number of carbonyl (C=O) groups excluding carboxylic acids is 4. The molecule has 3 heterocycles. The second-order valence-corrected chi connectivity index (χ2v) is 14.0. The number of carbonyl (C=O) groups is 4. The van der Waals surface area contributed by atoms with Gasteiger partial charge in [-0.15, -0.1) is 0 Å². The van der Waals surface area contributed by atoms with Gasteiger partial charge in [0.2, 0.25) is 26.7 Å². The third-order valence-electron chi connectivity index (χ3n) is 10.1. The zero-order chi connectivity index (χ0) is 41.3. The third-order valence-corrected chi connectivity index (χ3v) is 10.1. The minimum absolute atomic E-state index is 0.103. The fourth-order valence-electron chi connectivity index (χ4n) is 6.96. The highest BCUT2D eigenvalue weighted by Gasteiger charge is 2.27. The lowest BCUT2D eigenvalue weighted by atomic mass is 9.93. The summed E-state index contributed by atoms with van der Waals surface area (Å²) in [6, 6.07) is 11.3. The van der Waals surface area contributed by atoms with Crippen LogP contribution in [0.2, 0.25) is 0 Å². The molecule has 2 radical (unpaired) electrons. The molecule has 2 fully saturated rings. The SMILES string of the molecule is CNC(=O)CCN(C=O)c1cc(C)ccc1OC.[B]N(C)/C=C(\c1ccncc1C=O)c1cc(OC)c(CN2CCC(OC3CCN(C=O)CC3)CC2)cc1OC. The van der Waals surface area contributed by atoms with Crippen molar-refractivity contribution in [3.8, 4) is 17.2 Å². The van der Waals surface area contributed by atoms with Crippen LogP contribution in [0.1, 0.15) is 64.7 Å². The number of amides is 3. The molecule has 0 aliphatic carbocycles. The van der Waals surface area contributed by atoms with Crippen LogP contribution in [-0.2, 0) is 25.7 Å². The minimum atomic E-state index is -0.103. The van der Waals surface area contributed by atoms with E-state index in [1.54, 1.807) is 60.0 Å². The minimum Gasteiger partial charge on any atom is -0.496 e. The van der Waals surface area contributed by atoms with Gasteiger partial charge < -0.3 is 38.9 Å². The van der Waals surface area contributed by atoms with Crippen LogP contribution in [0.15, 0.2) is 55.0 Å². The van der Waals surface area contributed by atoms with Crippen LogP contribution in [0.3, 0.4) is 0 Å². The third kappa shape index (κ3) is 12.5. The number of aryl methyl sites for hydroxylation is 1. The fourth-order valence-corrected chi connectivity index (χ4v) is 6.96. The van der Waals surface area contributed by atoms with Gasteiger partial charge in [-0.05, 0) is 87.3 Å². The Morgan fingerprint density at radius 2 is 1.58 bits per heavy atom. The van der Waals surface area contributed by atoms with E-state index >= 15 is 0 Å². The quantitative estimate of drug-likeness (QED) is 0.157. The standard InChI is InChI=1S/C29H37BN4O5.C13H18N2O3/c1-32(30)18-27(25-4-9-31-16-22(25)19-35)26-15-28(37-2)21(14-29(26)38-3)17-33-10-5-23(6-11-33)39-24-7-12-34(20-36)13-8-24;1-10-4-5-12(18-3)11(8-10)15(9-16)7-6-13(17)14-2/h4,9,14-16,18-20,23-24H,5-8,10-13,17H2,1-3H3;4-5,8-9H,6-7H2,1-3H3,(H,14,17)/b27-18+;. The van der Waals surface area contributed by atoms with Gasteiger partial charge in [0, 0.05) is 87.4 Å². The van der Waals surface area contributed by atoms with Crippen LogP contribution in [0.4, 0.5) is 5.69 Å². The van der Waals surface area contributed by atoms with Crippen molar-refractivity contribution in [3.05, 3.63) is 82.8 Å². The average molecular weight is 783 g/mol. The molecular weight excluding hydrogens is 727 g/mol. The molecule has 5 rings (SSSR count). The van der Waals surface area contributed by atoms with Crippen LogP contribution in [0.25, 0.3) is 5.57 Å². The molecule has 14 nitrogen and oxygen atoms in total. The van der Waals surface area contributed by atoms with Crippen LogP contribution in [-0.4, -0.2) is 133 Å². The van der Waals surface area contributed by atoms with E-state index in [1.807, 2.05) is 36.1 Å². The Morgan fingerprint density at radius 3 is 2.16 bits per heavy atom. The summed E-state index contributed by atoms with van der Waals surface area (Å²) in [5.41, 5.74) is 5.36. The molecule has 0 saturated carbocycles. The van der Waals surface area contributed by atoms with Gasteiger partial charge in [0.05, 0.1) is 39.2 Å². The van der Waals surface area contributed by atoms with Crippen molar-refractivity contribution in [1.29, 1.82) is 0 Å². The lowest BCUT2D eigenvalue weighted by Gasteiger charge is -2.36. The van der Waals surface area contributed by atoms with Gasteiger partial charge in [0.15, 0.2) is 6.29 Å². The molecule has 2 aromatic carbocycles. The highest BCUT2D eigenvalue weighted by molar-refractivity contribution is 6.06. The Kier molecular flexibility index (Phi) is 17.4. The first-order valence-electron chi connectivity index (χ1n) is 19.1. The molecule has 0 unspecified atom stereocenters. The summed E-state index contributed by atoms with van der Waals surface area (Å²) in [7, 11) is 14.1. The molecule has 2 aliphatic rings. The monoisotopic (exact) mass is 782 g/mol. The number of nitrogens with zero attached hydrogens (tertiary/aromatic N) is 5. The van der Waals surface area contributed by atoms with Gasteiger partial charge in [-0.2, -0.15) is 0 Å². The molecule has 3 amide bonds. The molecule has 2 saturated heterocycles. The van der Waals surface area contributed by atoms with E-state index in [2.05, 4.69) is 15.2 Å². The number of pyridine rings is 1. The van der Waals surface area contributed by atoms with E-state index in [1.165, 1.54) is 15.9 Å². The number of likely N-dealkylation sites (tertiary alicyclic amines) is 2. The number of nitrogens with one attached hydrogen (secondary N) is 1. The molecule has 0 spiro atoms. The van der Waals surface area contributed by atoms with E-state index in [0.717, 1.165) is 99.1 Å². The Hall–Kier alpha value is -5.41. The van der Waals surface area contributed by atoms with Gasteiger partial charge in [-0.1, -0.05) is 6.07 Å². The number of hydrogen-bond donors (Lipinski definition) is 1. The Morgan fingerprint density at radius 1 is 0.912 bits per heavy atom. The van der Waals surface area contributed by atoms with E-state index < -0.39 is 0 Å². The molecule has 1 N–H and O–H groups in total. The number of ether oxygens (including phenoxy) is 4. The number of methoxy groups -OCH3 is 3. The van der Waals surface area contributed by atoms with Crippen LogP contribution in [0.5, 0.6) is 17.2 Å². The summed E-state index contributed by atoms with van der Waals surface area (Å²) in [5, 5.41) is 2.52. The molecule has 57 heavy (non-hydrogen) atoms. The summed E-state index contributed by atoms with van der Waals surface area (Å²) in [4.78, 5) is 56.3. The zero-order valence-corrected chi connectivity index (χ0v) is 33.9. The smallest absolute Gasteiger partial charge is 0.225 e. The van der Waals surface area contributed by atoms with Crippen molar-refractivity contribution in [2.45, 2.75) is 57.8 Å². The molecule has 1 aromatic heterocycles. The molecule has 2 aliphatic heterocycles. The normalized spacial score (nSPS) is 15.1. The Bertz CT molecular complexity index is 1830. The predicted molar refractivity (Wildman–Crippen MR) is 220 cm³/mol. The van der Waals surface area contributed by atoms with Gasteiger partial charge >= 0.3 is 0 Å². The van der Waals surface area contributed by atoms with Crippen LogP contribution < -0.4 is 24.4 Å². The molecule has 0 atom stereocenters. The maximum absolute atomic E-state index is 11.8. The molecule has 304 valence electrons. The second-order valence-electron chi connectivity index (χ2n) is 14.0. The summed E-state index contributed by atoms with van der Waals surface area (Å²) >= 11 is 0. The van der Waals surface area contributed by atoms with Crippen molar-refractivity contribution in [2.75, 3.05) is 73.0 Å². The fraction of sp³-hybridized carbons (Fsp3) is 0.452. The lowest BCUT2D eigenvalue weighted by Crippen LogP contribution is -2.41. The highest BCUT2D eigenvalue weighted by atomic mass is 16.5. The van der Waals surface area contributed by atoms with Crippen molar-refractivity contribution in [2.24, 2.45) is 0 Å². The number of benzene rings is 2. The molecule has 0 bridgehead atoms. The summed E-state index contributed by atoms with van der Waals surface area (Å²) in [6.45, 7) is 6.38. The van der Waals surface area contributed by atoms with E-state index in [0.29, 0.717) is 41.3 Å². The van der Waals surface area contributed by atoms with E-state index in [4.69, 9.17) is 26.9 Å². The zero-order valence-electron chi connectivity index (χ0n) is 33.9. The molecular formula is C42H55BN6O8. The number of rotatable bonds is 17. The first-order valence-corrected chi connectivity index (χ1v) is 19.1. The summed E-state index contributed by atoms with van der Waals surface area (Å²) in [5.74, 6) is 1.91. The summed E-state index contributed by atoms with van der Waals surface area (Å²) in [6.07, 6.45) is 11.9. The topological polar surface area (TPSA) is 143 Å². The first kappa shape index (κ1) is 44.3. The van der Waals surface area contributed by atoms with Crippen molar-refractivity contribution < 1.29 is 38.1 Å². The lowest BCUT2D eigenvalue weighted by molar-refractivity contribution is -0.122. The van der Waals surface area contributed by atoms with Gasteiger partial charge in [-0.25, -0.2) is 0 Å². The van der Waals surface area contributed by atoms with Crippen LogP contribution >= 0.6 is 0 Å². The number of aromatic nitrogens is 1. The molecule has 15 heteroatoms. The average Bonchev–Trinajstić information content (AvgIpc) is 3.24. The number of anilines is 1. The maximum Gasteiger partial charge on any atom is 0.225 e. The Balaban J connectivity index is 0.000000335. The van der Waals surface area contributed by atoms with Gasteiger partial charge in [-0.3, -0.25) is 29.1 Å². The predicted octanol–water partition coefficient (Wildman–Crippen LogP) is 4.02. The van der Waals surface area contributed by atoms with Crippen molar-refractivity contribution in [3.63, 3.8) is 0 Å². The number of hydrogen-bond acceptors (Lipinski definition) is 11. The Labute approximate surface area is 337 Å². The van der Waals surface area contributed by atoms with Crippen molar-refractivity contribution in [1.82, 2.24) is 24.9 Å². The van der Waals surface area contributed by atoms with Crippen molar-refractivity contribution >= 4 is 44.3 Å². The van der Waals surface area contributed by atoms with Gasteiger partial charge in [0.25, 0.3) is 0 Å². The van der Waals surface area contributed by atoms with Gasteiger partial charge in [0.1, 0.15) is 17.2 Å².